The molecule has 0 saturated carbocycles. The summed E-state index contributed by atoms with van der Waals surface area (Å²) in [6.07, 6.45) is 2.24. The van der Waals surface area contributed by atoms with Crippen LogP contribution in [-0.2, 0) is 0 Å². The zero-order valence-corrected chi connectivity index (χ0v) is 19.5. The molecule has 176 valence electrons. The minimum Gasteiger partial charge on any atom is -0.493 e. The van der Waals surface area contributed by atoms with E-state index in [0.717, 1.165) is 11.1 Å². The Morgan fingerprint density at radius 3 is 2.62 bits per heavy atom. The van der Waals surface area contributed by atoms with Crippen LogP contribution in [0, 0.1) is 0 Å². The fourth-order valence-electron chi connectivity index (χ4n) is 3.69. The van der Waals surface area contributed by atoms with Crippen LogP contribution >= 0.6 is 11.6 Å². The molecule has 2 heterocycles. The first-order valence-electron chi connectivity index (χ1n) is 10.6. The van der Waals surface area contributed by atoms with Crippen LogP contribution in [0.25, 0.3) is 16.9 Å². The molecule has 0 unspecified atom stereocenters. The summed E-state index contributed by atoms with van der Waals surface area (Å²) >= 11 is 6.06. The highest BCUT2D eigenvalue weighted by Crippen LogP contribution is 2.32. The van der Waals surface area contributed by atoms with Crippen molar-refractivity contribution in [1.82, 2.24) is 14.5 Å². The van der Waals surface area contributed by atoms with E-state index < -0.39 is 5.91 Å². The molecule has 0 aliphatic rings. The van der Waals surface area contributed by atoms with Crippen molar-refractivity contribution in [2.24, 2.45) is 11.5 Å². The summed E-state index contributed by atoms with van der Waals surface area (Å²) in [5.74, 6) is 1.49. The van der Waals surface area contributed by atoms with Gasteiger partial charge >= 0.3 is 0 Å². The van der Waals surface area contributed by atoms with Crippen molar-refractivity contribution in [2.75, 3.05) is 26.1 Å². The number of hydrogen-bond donors (Lipinski definition) is 3. The highest BCUT2D eigenvalue weighted by molar-refractivity contribution is 6.30. The number of fused-ring (bicyclic) bond motifs is 1. The summed E-state index contributed by atoms with van der Waals surface area (Å²) in [6.45, 7) is 0.472. The second-order valence-corrected chi connectivity index (χ2v) is 8.05. The van der Waals surface area contributed by atoms with Crippen molar-refractivity contribution in [3.8, 4) is 17.3 Å². The number of benzene rings is 2. The number of hydrogen-bond acceptors (Lipinski definition) is 7. The van der Waals surface area contributed by atoms with Gasteiger partial charge in [-0.2, -0.15) is 0 Å². The van der Waals surface area contributed by atoms with Gasteiger partial charge in [0, 0.05) is 29.7 Å². The fraction of sp³-hybridized carbons (Fsp3) is 0.208. The standard InChI is InChI=1S/C24H25ClN6O3/c1-33-20-11-18-19(12-21(20)34-2)31(13-29-18)22-7-6-16(23(27)32)24(30-22)28-9-8-17(26)14-4-3-5-15(25)10-14/h3-7,10-13,17H,8-9,26H2,1-2H3,(H2,27,32)(H,28,30)/t17-/m0/s1. The van der Waals surface area contributed by atoms with Gasteiger partial charge in [-0.15, -0.1) is 0 Å². The largest absolute Gasteiger partial charge is 0.493 e. The quantitative estimate of drug-likeness (QED) is 0.333. The lowest BCUT2D eigenvalue weighted by atomic mass is 10.0. The monoisotopic (exact) mass is 480 g/mol. The fourth-order valence-corrected chi connectivity index (χ4v) is 3.88. The molecule has 1 atom stereocenters. The van der Waals surface area contributed by atoms with Crippen molar-refractivity contribution in [3.05, 3.63) is 71.0 Å². The number of aromatic nitrogens is 3. The second-order valence-electron chi connectivity index (χ2n) is 7.62. The van der Waals surface area contributed by atoms with E-state index >= 15 is 0 Å². The molecule has 0 bridgehead atoms. The third-order valence-electron chi connectivity index (χ3n) is 5.47. The van der Waals surface area contributed by atoms with Gasteiger partial charge in [0.1, 0.15) is 18.0 Å². The maximum atomic E-state index is 12.0. The van der Waals surface area contributed by atoms with Crippen molar-refractivity contribution in [1.29, 1.82) is 0 Å². The molecule has 9 nitrogen and oxygen atoms in total. The van der Waals surface area contributed by atoms with Crippen LogP contribution in [0.5, 0.6) is 11.5 Å². The van der Waals surface area contributed by atoms with Crippen LogP contribution < -0.4 is 26.3 Å². The summed E-state index contributed by atoms with van der Waals surface area (Å²) in [5, 5.41) is 3.83. The van der Waals surface area contributed by atoms with Gasteiger partial charge in [0.05, 0.1) is 30.8 Å². The normalized spacial score (nSPS) is 11.9. The Morgan fingerprint density at radius 1 is 1.15 bits per heavy atom. The number of primary amides is 1. The van der Waals surface area contributed by atoms with Gasteiger partial charge in [-0.05, 0) is 36.2 Å². The molecular formula is C24H25ClN6O3. The third kappa shape index (κ3) is 4.75. The predicted molar refractivity (Wildman–Crippen MR) is 132 cm³/mol. The average Bonchev–Trinajstić information content (AvgIpc) is 3.25. The summed E-state index contributed by atoms with van der Waals surface area (Å²) in [6, 6.07) is 14.2. The molecule has 0 fully saturated rings. The van der Waals surface area contributed by atoms with E-state index in [-0.39, 0.29) is 11.6 Å². The number of carbonyl (C=O) groups is 1. The number of nitrogens with zero attached hydrogens (tertiary/aromatic N) is 3. The van der Waals surface area contributed by atoms with E-state index in [1.54, 1.807) is 49.4 Å². The molecule has 4 aromatic rings. The molecule has 0 radical (unpaired) electrons. The first-order chi connectivity index (χ1) is 16.4. The molecule has 0 aliphatic carbocycles. The summed E-state index contributed by atoms with van der Waals surface area (Å²) in [5.41, 5.74) is 14.6. The maximum Gasteiger partial charge on any atom is 0.252 e. The van der Waals surface area contributed by atoms with Crippen molar-refractivity contribution in [3.63, 3.8) is 0 Å². The van der Waals surface area contributed by atoms with E-state index in [1.807, 2.05) is 24.3 Å². The number of methoxy groups -OCH3 is 2. The summed E-state index contributed by atoms with van der Waals surface area (Å²) < 4.78 is 12.6. The molecule has 0 aliphatic heterocycles. The average molecular weight is 481 g/mol. The van der Waals surface area contributed by atoms with Gasteiger partial charge in [-0.3, -0.25) is 9.36 Å². The van der Waals surface area contributed by atoms with Gasteiger partial charge in [-0.1, -0.05) is 23.7 Å². The Kier molecular flexibility index (Phi) is 6.85. The number of halogens is 1. The van der Waals surface area contributed by atoms with Gasteiger partial charge in [-0.25, -0.2) is 9.97 Å². The smallest absolute Gasteiger partial charge is 0.252 e. The molecule has 0 spiro atoms. The van der Waals surface area contributed by atoms with E-state index in [0.29, 0.717) is 46.6 Å². The van der Waals surface area contributed by atoms with E-state index in [1.165, 1.54) is 0 Å². The number of imidazole rings is 1. The number of anilines is 1. The van der Waals surface area contributed by atoms with Gasteiger partial charge < -0.3 is 26.3 Å². The molecule has 2 aromatic carbocycles. The zero-order chi connectivity index (χ0) is 24.2. The lowest BCUT2D eigenvalue weighted by Crippen LogP contribution is -2.19. The lowest BCUT2D eigenvalue weighted by Gasteiger charge is -2.15. The Labute approximate surface area is 201 Å². The summed E-state index contributed by atoms with van der Waals surface area (Å²) in [4.78, 5) is 21.1. The zero-order valence-electron chi connectivity index (χ0n) is 18.8. The van der Waals surface area contributed by atoms with E-state index in [4.69, 9.17) is 32.5 Å². The first-order valence-corrected chi connectivity index (χ1v) is 10.9. The Hall–Kier alpha value is -3.82. The van der Waals surface area contributed by atoms with Crippen LogP contribution in [0.4, 0.5) is 5.82 Å². The van der Waals surface area contributed by atoms with Gasteiger partial charge in [0.15, 0.2) is 11.5 Å². The topological polar surface area (TPSA) is 130 Å². The molecule has 2 aromatic heterocycles. The second kappa shape index (κ2) is 9.98. The maximum absolute atomic E-state index is 12.0. The lowest BCUT2D eigenvalue weighted by molar-refractivity contribution is 0.100. The number of amides is 1. The predicted octanol–water partition coefficient (Wildman–Crippen LogP) is 3.69. The van der Waals surface area contributed by atoms with Crippen LogP contribution in [0.1, 0.15) is 28.4 Å². The molecule has 1 amide bonds. The third-order valence-corrected chi connectivity index (χ3v) is 5.71. The molecule has 0 saturated heterocycles. The Balaban J connectivity index is 1.61. The van der Waals surface area contributed by atoms with Crippen molar-refractivity contribution < 1.29 is 14.3 Å². The van der Waals surface area contributed by atoms with E-state index in [2.05, 4.69) is 15.3 Å². The van der Waals surface area contributed by atoms with Crippen molar-refractivity contribution in [2.45, 2.75) is 12.5 Å². The first kappa shape index (κ1) is 23.3. The Morgan fingerprint density at radius 2 is 1.91 bits per heavy atom. The van der Waals surface area contributed by atoms with Gasteiger partial charge in [0.25, 0.3) is 5.91 Å². The van der Waals surface area contributed by atoms with Crippen LogP contribution in [-0.4, -0.2) is 41.2 Å². The highest BCUT2D eigenvalue weighted by Gasteiger charge is 2.16. The number of nitrogens with one attached hydrogen (secondary N) is 1. The Bertz CT molecular complexity index is 1340. The SMILES string of the molecule is COc1cc2ncn(-c3ccc(C(N)=O)c(NCC[C@H](N)c4cccc(Cl)c4)n3)c2cc1OC. The molecule has 4 rings (SSSR count). The van der Waals surface area contributed by atoms with Crippen LogP contribution in [0.15, 0.2) is 54.9 Å². The highest BCUT2D eigenvalue weighted by atomic mass is 35.5. The molecule has 34 heavy (non-hydrogen) atoms. The number of pyridine rings is 1. The van der Waals surface area contributed by atoms with E-state index in [9.17, 15) is 4.79 Å². The van der Waals surface area contributed by atoms with Crippen molar-refractivity contribution >= 4 is 34.4 Å². The number of ether oxygens (including phenoxy) is 2. The number of rotatable bonds is 9. The molecular weight excluding hydrogens is 456 g/mol. The van der Waals surface area contributed by atoms with Crippen LogP contribution in [0.2, 0.25) is 5.02 Å². The number of nitrogens with two attached hydrogens (primary N) is 2. The number of carbonyl (C=O) groups excluding carboxylic acids is 1. The van der Waals surface area contributed by atoms with Gasteiger partial charge in [0.2, 0.25) is 0 Å². The van der Waals surface area contributed by atoms with Crippen LogP contribution in [0.3, 0.4) is 0 Å². The minimum absolute atomic E-state index is 0.230. The molecule has 10 heteroatoms. The summed E-state index contributed by atoms with van der Waals surface area (Å²) in [7, 11) is 3.14. The molecule has 5 N–H and O–H groups in total. The minimum atomic E-state index is -0.581.